The Hall–Kier alpha value is -3.65. The van der Waals surface area contributed by atoms with Crippen molar-refractivity contribution in [2.45, 2.75) is 25.1 Å². The summed E-state index contributed by atoms with van der Waals surface area (Å²) < 4.78 is 48.6. The van der Waals surface area contributed by atoms with Gasteiger partial charge < -0.3 is 14.8 Å². The third-order valence-electron chi connectivity index (χ3n) is 4.19. The van der Waals surface area contributed by atoms with E-state index < -0.39 is 23.7 Å². The first-order valence-corrected chi connectivity index (χ1v) is 8.87. The Balaban J connectivity index is 1.97. The van der Waals surface area contributed by atoms with Gasteiger partial charge in [0.05, 0.1) is 18.7 Å². The number of alkyl halides is 3. The number of amides is 1. The lowest BCUT2D eigenvalue weighted by atomic mass is 10.0. The zero-order valence-corrected chi connectivity index (χ0v) is 16.1. The number of aryl methyl sites for hydroxylation is 1. The molecule has 2 rings (SSSR count). The molecule has 1 atom stereocenters. The maximum atomic E-state index is 12.7. The SMILES string of the molecule is C#CCOc1ccc(CCC(=O)NC(C#N)c2ccc(C(F)(F)F)cc2)cc1OC. The lowest BCUT2D eigenvalue weighted by Gasteiger charge is -2.14. The molecule has 0 radical (unpaired) electrons. The van der Waals surface area contributed by atoms with Gasteiger partial charge in [0.15, 0.2) is 11.5 Å². The summed E-state index contributed by atoms with van der Waals surface area (Å²) in [7, 11) is 1.48. The van der Waals surface area contributed by atoms with E-state index in [0.29, 0.717) is 17.9 Å². The number of benzene rings is 2. The quantitative estimate of drug-likeness (QED) is 0.660. The highest BCUT2D eigenvalue weighted by molar-refractivity contribution is 5.77. The van der Waals surface area contributed by atoms with Crippen molar-refractivity contribution in [2.75, 3.05) is 13.7 Å². The number of nitrogens with one attached hydrogen (secondary N) is 1. The van der Waals surface area contributed by atoms with E-state index in [9.17, 15) is 23.2 Å². The van der Waals surface area contributed by atoms with Crippen LogP contribution >= 0.6 is 0 Å². The van der Waals surface area contributed by atoms with E-state index in [0.717, 1.165) is 17.7 Å². The number of hydrogen-bond donors (Lipinski definition) is 1. The zero-order valence-electron chi connectivity index (χ0n) is 16.1. The summed E-state index contributed by atoms with van der Waals surface area (Å²) in [5, 5.41) is 11.8. The van der Waals surface area contributed by atoms with Gasteiger partial charge in [0, 0.05) is 6.42 Å². The molecule has 2 aromatic carbocycles. The molecule has 2 aromatic rings. The number of ether oxygens (including phenoxy) is 2. The van der Waals surface area contributed by atoms with Gasteiger partial charge in [-0.2, -0.15) is 18.4 Å². The number of terminal acetylenes is 1. The van der Waals surface area contributed by atoms with Gasteiger partial charge in [0.2, 0.25) is 5.91 Å². The van der Waals surface area contributed by atoms with Gasteiger partial charge in [-0.25, -0.2) is 0 Å². The minimum Gasteiger partial charge on any atom is -0.493 e. The topological polar surface area (TPSA) is 71.3 Å². The number of nitriles is 1. The zero-order chi connectivity index (χ0) is 22.1. The third kappa shape index (κ3) is 6.18. The van der Waals surface area contributed by atoms with Crippen LogP contribution in [0.3, 0.4) is 0 Å². The second-order valence-electron chi connectivity index (χ2n) is 6.23. The van der Waals surface area contributed by atoms with Crippen LogP contribution < -0.4 is 14.8 Å². The first-order valence-electron chi connectivity index (χ1n) is 8.87. The minimum atomic E-state index is -4.47. The van der Waals surface area contributed by atoms with Crippen LogP contribution in [0.25, 0.3) is 0 Å². The normalized spacial score (nSPS) is 11.7. The summed E-state index contributed by atoms with van der Waals surface area (Å²) >= 11 is 0. The van der Waals surface area contributed by atoms with Crippen molar-refractivity contribution < 1.29 is 27.4 Å². The van der Waals surface area contributed by atoms with Crippen LogP contribution in [0.5, 0.6) is 11.5 Å². The minimum absolute atomic E-state index is 0.0759. The molecule has 0 heterocycles. The number of rotatable bonds is 8. The summed E-state index contributed by atoms with van der Waals surface area (Å²) in [6.45, 7) is 0.0949. The molecule has 1 amide bonds. The van der Waals surface area contributed by atoms with E-state index >= 15 is 0 Å². The maximum absolute atomic E-state index is 12.7. The number of hydrogen-bond acceptors (Lipinski definition) is 4. The van der Waals surface area contributed by atoms with Crippen molar-refractivity contribution in [3.05, 3.63) is 59.2 Å². The van der Waals surface area contributed by atoms with E-state index in [1.54, 1.807) is 18.2 Å². The van der Waals surface area contributed by atoms with Gasteiger partial charge in [-0.15, -0.1) is 6.42 Å². The molecule has 0 aliphatic heterocycles. The Morgan fingerprint density at radius 2 is 1.90 bits per heavy atom. The van der Waals surface area contributed by atoms with Crippen molar-refractivity contribution >= 4 is 5.91 Å². The largest absolute Gasteiger partial charge is 0.493 e. The van der Waals surface area contributed by atoms with E-state index in [-0.39, 0.29) is 18.6 Å². The summed E-state index contributed by atoms with van der Waals surface area (Å²) in [5.74, 6) is 2.90. The van der Waals surface area contributed by atoms with Gasteiger partial charge in [0.1, 0.15) is 12.6 Å². The van der Waals surface area contributed by atoms with E-state index in [2.05, 4.69) is 11.2 Å². The molecule has 0 bridgehead atoms. The molecule has 1 N–H and O–H groups in total. The van der Waals surface area contributed by atoms with E-state index in [1.165, 1.54) is 19.2 Å². The van der Waals surface area contributed by atoms with Crippen molar-refractivity contribution in [1.82, 2.24) is 5.32 Å². The average molecular weight is 416 g/mol. The number of methoxy groups -OCH3 is 1. The lowest BCUT2D eigenvalue weighted by Crippen LogP contribution is -2.27. The van der Waals surface area contributed by atoms with Gasteiger partial charge in [0.25, 0.3) is 0 Å². The van der Waals surface area contributed by atoms with Gasteiger partial charge in [-0.3, -0.25) is 4.79 Å². The van der Waals surface area contributed by atoms with Crippen molar-refractivity contribution in [2.24, 2.45) is 0 Å². The Labute approximate surface area is 172 Å². The molecule has 0 spiro atoms. The molecule has 0 aliphatic rings. The number of carbonyl (C=O) groups excluding carboxylic acids is 1. The van der Waals surface area contributed by atoms with Crippen molar-refractivity contribution in [3.8, 4) is 29.9 Å². The highest BCUT2D eigenvalue weighted by Crippen LogP contribution is 2.30. The fourth-order valence-electron chi connectivity index (χ4n) is 2.65. The molecule has 156 valence electrons. The van der Waals surface area contributed by atoms with Crippen LogP contribution in [-0.4, -0.2) is 19.6 Å². The molecule has 30 heavy (non-hydrogen) atoms. The standard InChI is InChI=1S/C22H19F3N2O3/c1-3-12-30-19-10-4-15(13-20(19)29-2)5-11-21(28)27-18(14-26)16-6-8-17(9-7-16)22(23,24)25/h1,4,6-10,13,18H,5,11-12H2,2H3,(H,27,28). The smallest absolute Gasteiger partial charge is 0.416 e. The molecule has 0 aliphatic carbocycles. The molecule has 0 saturated heterocycles. The summed E-state index contributed by atoms with van der Waals surface area (Å²) in [6, 6.07) is 10.1. The van der Waals surface area contributed by atoms with Crippen LogP contribution in [-0.2, 0) is 17.4 Å². The molecule has 1 unspecified atom stereocenters. The lowest BCUT2D eigenvalue weighted by molar-refractivity contribution is -0.137. The fraction of sp³-hybridized carbons (Fsp3) is 0.273. The predicted octanol–water partition coefficient (Wildman–Crippen LogP) is 4.04. The third-order valence-corrected chi connectivity index (χ3v) is 4.19. The summed E-state index contributed by atoms with van der Waals surface area (Å²) in [6.07, 6.45) is 1.14. The average Bonchev–Trinajstić information content (AvgIpc) is 2.74. The van der Waals surface area contributed by atoms with E-state index in [1.807, 2.05) is 6.07 Å². The Bertz CT molecular complexity index is 958. The predicted molar refractivity (Wildman–Crippen MR) is 104 cm³/mol. The number of carbonyl (C=O) groups is 1. The van der Waals surface area contributed by atoms with Crippen LogP contribution in [0.1, 0.15) is 29.2 Å². The number of halogens is 3. The Kier molecular flexibility index (Phi) is 7.71. The van der Waals surface area contributed by atoms with Crippen molar-refractivity contribution in [3.63, 3.8) is 0 Å². The molecule has 0 aromatic heterocycles. The Morgan fingerprint density at radius 1 is 1.20 bits per heavy atom. The fourth-order valence-corrected chi connectivity index (χ4v) is 2.65. The van der Waals surface area contributed by atoms with Gasteiger partial charge >= 0.3 is 6.18 Å². The maximum Gasteiger partial charge on any atom is 0.416 e. The number of nitrogens with zero attached hydrogens (tertiary/aromatic N) is 1. The van der Waals surface area contributed by atoms with Crippen LogP contribution in [0.15, 0.2) is 42.5 Å². The highest BCUT2D eigenvalue weighted by Gasteiger charge is 2.30. The van der Waals surface area contributed by atoms with Crippen molar-refractivity contribution in [1.29, 1.82) is 5.26 Å². The van der Waals surface area contributed by atoms with E-state index in [4.69, 9.17) is 15.9 Å². The van der Waals surface area contributed by atoms with Crippen LogP contribution in [0.2, 0.25) is 0 Å². The molecular weight excluding hydrogens is 397 g/mol. The molecule has 0 fully saturated rings. The second kappa shape index (κ2) is 10.2. The first kappa shape index (κ1) is 22.6. The molecular formula is C22H19F3N2O3. The first-order chi connectivity index (χ1) is 14.3. The molecule has 8 heteroatoms. The highest BCUT2D eigenvalue weighted by atomic mass is 19.4. The molecule has 5 nitrogen and oxygen atoms in total. The monoisotopic (exact) mass is 416 g/mol. The molecule has 0 saturated carbocycles. The summed E-state index contributed by atoms with van der Waals surface area (Å²) in [4.78, 5) is 12.2. The Morgan fingerprint density at radius 3 is 2.47 bits per heavy atom. The summed E-state index contributed by atoms with van der Waals surface area (Å²) in [5.41, 5.74) is 0.256. The van der Waals surface area contributed by atoms with Gasteiger partial charge in [-0.1, -0.05) is 24.1 Å². The van der Waals surface area contributed by atoms with Crippen LogP contribution in [0.4, 0.5) is 13.2 Å². The van der Waals surface area contributed by atoms with Gasteiger partial charge in [-0.05, 0) is 41.8 Å². The second-order valence-corrected chi connectivity index (χ2v) is 6.23. The van der Waals surface area contributed by atoms with Crippen LogP contribution in [0, 0.1) is 23.7 Å².